The number of aromatic amines is 2. The highest BCUT2D eigenvalue weighted by Crippen LogP contribution is 2.37. The van der Waals surface area contributed by atoms with Gasteiger partial charge in [-0.25, -0.2) is 4.79 Å². The molecule has 1 heterocycles. The van der Waals surface area contributed by atoms with Gasteiger partial charge in [0, 0.05) is 5.56 Å². The number of carbonyl (C=O) groups is 1. The van der Waals surface area contributed by atoms with Crippen LogP contribution in [0, 0.1) is 0 Å². The Labute approximate surface area is 165 Å². The minimum Gasteiger partial charge on any atom is -0.457 e. The van der Waals surface area contributed by atoms with Gasteiger partial charge in [-0.3, -0.25) is 14.6 Å². The molecule has 0 fully saturated rings. The highest BCUT2D eigenvalue weighted by molar-refractivity contribution is 5.97. The van der Waals surface area contributed by atoms with Crippen molar-refractivity contribution in [3.8, 4) is 11.5 Å². The van der Waals surface area contributed by atoms with E-state index in [0.717, 1.165) is 41.9 Å². The Bertz CT molecular complexity index is 1170. The quantitative estimate of drug-likeness (QED) is 0.541. The molecule has 1 atom stereocenters. The van der Waals surface area contributed by atoms with E-state index in [9.17, 15) is 14.4 Å². The minimum atomic E-state index is -0.790. The van der Waals surface area contributed by atoms with Crippen LogP contribution in [0.15, 0.2) is 58.1 Å². The Morgan fingerprint density at radius 2 is 1.86 bits per heavy atom. The van der Waals surface area contributed by atoms with Crippen molar-refractivity contribution in [1.29, 1.82) is 0 Å². The van der Waals surface area contributed by atoms with E-state index >= 15 is 0 Å². The van der Waals surface area contributed by atoms with E-state index in [2.05, 4.69) is 10.3 Å². The molecule has 5 N–H and O–H groups in total. The fraction of sp³-hybridized carbons (Fsp3) is 0.190. The molecule has 0 aliphatic heterocycles. The third kappa shape index (κ3) is 3.77. The summed E-state index contributed by atoms with van der Waals surface area (Å²) in [6, 6.07) is 14.9. The highest BCUT2D eigenvalue weighted by atomic mass is 16.5. The van der Waals surface area contributed by atoms with Gasteiger partial charge in [-0.05, 0) is 43.0 Å². The Kier molecular flexibility index (Phi) is 4.90. The van der Waals surface area contributed by atoms with Gasteiger partial charge in [0.15, 0.2) is 0 Å². The normalized spacial score (nSPS) is 15.4. The molecule has 2 aromatic carbocycles. The Balaban J connectivity index is 1.62. The molecule has 1 aliphatic rings. The molecule has 1 amide bonds. The van der Waals surface area contributed by atoms with Gasteiger partial charge in [0.2, 0.25) is 0 Å². The van der Waals surface area contributed by atoms with Gasteiger partial charge in [0.25, 0.3) is 11.5 Å². The number of nitrogens with one attached hydrogen (secondary N) is 3. The second-order valence-electron chi connectivity index (χ2n) is 6.85. The number of nitrogen functional groups attached to an aromatic ring is 1. The SMILES string of the molecule is Nc1c(C(=O)NC2CCCc3c(Oc4ccccc4)cccc32)[nH]c(=O)[nH]c1=O. The third-order valence-electron chi connectivity index (χ3n) is 4.95. The number of hydrogen-bond donors (Lipinski definition) is 4. The number of fused-ring (bicyclic) bond motifs is 1. The van der Waals surface area contributed by atoms with Gasteiger partial charge in [-0.1, -0.05) is 30.3 Å². The zero-order valence-corrected chi connectivity index (χ0v) is 15.5. The van der Waals surface area contributed by atoms with Crippen LogP contribution >= 0.6 is 0 Å². The number of anilines is 1. The van der Waals surface area contributed by atoms with Crippen molar-refractivity contribution in [1.82, 2.24) is 15.3 Å². The molecule has 0 radical (unpaired) electrons. The number of hydrogen-bond acceptors (Lipinski definition) is 5. The number of rotatable bonds is 4. The van der Waals surface area contributed by atoms with Crippen LogP contribution in [0.4, 0.5) is 5.69 Å². The lowest BCUT2D eigenvalue weighted by atomic mass is 9.87. The van der Waals surface area contributed by atoms with Crippen molar-refractivity contribution >= 4 is 11.6 Å². The summed E-state index contributed by atoms with van der Waals surface area (Å²) in [6.45, 7) is 0. The number of aromatic nitrogens is 2. The zero-order valence-electron chi connectivity index (χ0n) is 15.5. The molecular formula is C21H20N4O4. The predicted octanol–water partition coefficient (Wildman–Crippen LogP) is 2.25. The molecule has 8 nitrogen and oxygen atoms in total. The maximum absolute atomic E-state index is 12.7. The van der Waals surface area contributed by atoms with E-state index in [0.29, 0.717) is 0 Å². The van der Waals surface area contributed by atoms with E-state index in [1.807, 2.05) is 53.5 Å². The van der Waals surface area contributed by atoms with E-state index < -0.39 is 17.2 Å². The van der Waals surface area contributed by atoms with Crippen molar-refractivity contribution in [3.63, 3.8) is 0 Å². The van der Waals surface area contributed by atoms with Gasteiger partial charge in [0.05, 0.1) is 6.04 Å². The summed E-state index contributed by atoms with van der Waals surface area (Å²) >= 11 is 0. The van der Waals surface area contributed by atoms with Gasteiger partial charge in [-0.15, -0.1) is 0 Å². The summed E-state index contributed by atoms with van der Waals surface area (Å²) in [5.41, 5.74) is 5.52. The van der Waals surface area contributed by atoms with Crippen molar-refractivity contribution in [2.24, 2.45) is 0 Å². The van der Waals surface area contributed by atoms with Crippen molar-refractivity contribution in [2.75, 3.05) is 5.73 Å². The molecule has 4 rings (SSSR count). The standard InChI is InChI=1S/C21H20N4O4/c22-17-18(24-21(28)25-19(17)26)20(27)23-15-10-4-9-14-13(15)8-5-11-16(14)29-12-6-2-1-3-7-12/h1-3,5-8,11,15H,4,9-10,22H2,(H,23,27)(H2,24,25,26,28). The number of H-pyrrole nitrogens is 2. The van der Waals surface area contributed by atoms with Gasteiger partial charge >= 0.3 is 5.69 Å². The number of ether oxygens (including phenoxy) is 1. The third-order valence-corrected chi connectivity index (χ3v) is 4.95. The maximum Gasteiger partial charge on any atom is 0.326 e. The molecule has 1 aromatic heterocycles. The lowest BCUT2D eigenvalue weighted by Crippen LogP contribution is -2.36. The minimum absolute atomic E-state index is 0.234. The van der Waals surface area contributed by atoms with E-state index in [1.165, 1.54) is 0 Å². The maximum atomic E-state index is 12.7. The van der Waals surface area contributed by atoms with E-state index in [1.54, 1.807) is 0 Å². The van der Waals surface area contributed by atoms with E-state index in [4.69, 9.17) is 10.5 Å². The number of carbonyl (C=O) groups excluding carboxylic acids is 1. The lowest BCUT2D eigenvalue weighted by Gasteiger charge is -2.28. The average Bonchev–Trinajstić information content (AvgIpc) is 2.72. The van der Waals surface area contributed by atoms with Crippen molar-refractivity contribution in [3.05, 3.63) is 86.2 Å². The van der Waals surface area contributed by atoms with Crippen LogP contribution in [0.2, 0.25) is 0 Å². The van der Waals surface area contributed by atoms with Crippen LogP contribution in [0.5, 0.6) is 11.5 Å². The number of amides is 1. The van der Waals surface area contributed by atoms with Gasteiger partial charge in [0.1, 0.15) is 22.9 Å². The monoisotopic (exact) mass is 392 g/mol. The smallest absolute Gasteiger partial charge is 0.326 e. The number of para-hydroxylation sites is 1. The van der Waals surface area contributed by atoms with Crippen molar-refractivity contribution in [2.45, 2.75) is 25.3 Å². The molecule has 29 heavy (non-hydrogen) atoms. The summed E-state index contributed by atoms with van der Waals surface area (Å²) in [6.07, 6.45) is 2.41. The summed E-state index contributed by atoms with van der Waals surface area (Å²) in [7, 11) is 0. The fourth-order valence-electron chi connectivity index (χ4n) is 3.58. The van der Waals surface area contributed by atoms with Crippen LogP contribution in [0.25, 0.3) is 0 Å². The molecule has 0 saturated heterocycles. The van der Waals surface area contributed by atoms with Crippen LogP contribution in [-0.2, 0) is 6.42 Å². The first-order valence-electron chi connectivity index (χ1n) is 9.30. The van der Waals surface area contributed by atoms with Crippen LogP contribution < -0.4 is 27.0 Å². The molecular weight excluding hydrogens is 372 g/mol. The van der Waals surface area contributed by atoms with Crippen LogP contribution in [0.1, 0.15) is 40.5 Å². The summed E-state index contributed by atoms with van der Waals surface area (Å²) in [4.78, 5) is 40.2. The zero-order chi connectivity index (χ0) is 20.4. The second-order valence-corrected chi connectivity index (χ2v) is 6.85. The Morgan fingerprint density at radius 1 is 1.07 bits per heavy atom. The first-order chi connectivity index (χ1) is 14.0. The lowest BCUT2D eigenvalue weighted by molar-refractivity contribution is 0.0928. The first-order valence-corrected chi connectivity index (χ1v) is 9.30. The summed E-state index contributed by atoms with van der Waals surface area (Å²) in [5.74, 6) is 0.885. The summed E-state index contributed by atoms with van der Waals surface area (Å²) in [5, 5.41) is 2.88. The Hall–Kier alpha value is -3.81. The number of nitrogens with two attached hydrogens (primary N) is 1. The molecule has 0 spiro atoms. The Morgan fingerprint density at radius 3 is 2.66 bits per heavy atom. The highest BCUT2D eigenvalue weighted by Gasteiger charge is 2.26. The van der Waals surface area contributed by atoms with Gasteiger partial charge in [-0.2, -0.15) is 0 Å². The largest absolute Gasteiger partial charge is 0.457 e. The van der Waals surface area contributed by atoms with Crippen LogP contribution in [-0.4, -0.2) is 15.9 Å². The second kappa shape index (κ2) is 7.67. The van der Waals surface area contributed by atoms with E-state index in [-0.39, 0.29) is 17.4 Å². The van der Waals surface area contributed by atoms with Gasteiger partial charge < -0.3 is 20.8 Å². The predicted molar refractivity (Wildman–Crippen MR) is 108 cm³/mol. The molecule has 1 unspecified atom stereocenters. The average molecular weight is 392 g/mol. The first kappa shape index (κ1) is 18.5. The molecule has 8 heteroatoms. The molecule has 0 bridgehead atoms. The van der Waals surface area contributed by atoms with Crippen LogP contribution in [0.3, 0.4) is 0 Å². The molecule has 0 saturated carbocycles. The topological polar surface area (TPSA) is 130 Å². The van der Waals surface area contributed by atoms with Crippen molar-refractivity contribution < 1.29 is 9.53 Å². The molecule has 1 aliphatic carbocycles. The molecule has 3 aromatic rings. The molecule has 148 valence electrons. The fourth-order valence-corrected chi connectivity index (χ4v) is 3.58. The summed E-state index contributed by atoms with van der Waals surface area (Å²) < 4.78 is 6.04. The number of benzene rings is 2.